The van der Waals surface area contributed by atoms with Crippen LogP contribution < -0.4 is 0 Å². The van der Waals surface area contributed by atoms with Gasteiger partial charge < -0.3 is 5.11 Å². The molecule has 1 atom stereocenters. The zero-order valence-electron chi connectivity index (χ0n) is 11.6. The van der Waals surface area contributed by atoms with Crippen molar-refractivity contribution in [1.29, 1.82) is 0 Å². The fourth-order valence-corrected chi connectivity index (χ4v) is 2.28. The van der Waals surface area contributed by atoms with E-state index >= 15 is 0 Å². The van der Waals surface area contributed by atoms with E-state index in [4.69, 9.17) is 0 Å². The van der Waals surface area contributed by atoms with Crippen molar-refractivity contribution in [3.8, 4) is 0 Å². The third-order valence-electron chi connectivity index (χ3n) is 3.67. The van der Waals surface area contributed by atoms with Crippen LogP contribution in [0, 0.1) is 5.92 Å². The molecular weight excluding hydrogens is 253 g/mol. The van der Waals surface area contributed by atoms with Crippen LogP contribution in [0.1, 0.15) is 51.2 Å². The van der Waals surface area contributed by atoms with Gasteiger partial charge in [-0.1, -0.05) is 38.8 Å². The van der Waals surface area contributed by atoms with Gasteiger partial charge in [0.15, 0.2) is 0 Å². The van der Waals surface area contributed by atoms with Crippen molar-refractivity contribution in [1.82, 2.24) is 0 Å². The van der Waals surface area contributed by atoms with E-state index in [1.54, 1.807) is 6.92 Å². The number of hydrogen-bond acceptors (Lipinski definition) is 1. The third-order valence-corrected chi connectivity index (χ3v) is 3.67. The van der Waals surface area contributed by atoms with Crippen molar-refractivity contribution in [3.05, 3.63) is 35.4 Å². The van der Waals surface area contributed by atoms with Gasteiger partial charge in [-0.3, -0.25) is 0 Å². The zero-order chi connectivity index (χ0) is 14.7. The standard InChI is InChI=1S/C15H21F3O/c1-4-11(5-2)10-14(3,19)12-6-8-13(9-7-12)15(16,17)18/h6-9,11,19H,4-5,10H2,1-3H3/t14-/m1/s1. The molecule has 4 heteroatoms. The summed E-state index contributed by atoms with van der Waals surface area (Å²) < 4.78 is 37.4. The maximum atomic E-state index is 12.5. The Bertz CT molecular complexity index is 389. The summed E-state index contributed by atoms with van der Waals surface area (Å²) in [5, 5.41) is 10.4. The van der Waals surface area contributed by atoms with Gasteiger partial charge in [-0.25, -0.2) is 0 Å². The molecule has 0 aliphatic rings. The second-order valence-electron chi connectivity index (χ2n) is 5.24. The molecule has 0 heterocycles. The Morgan fingerprint density at radius 2 is 1.42 bits per heavy atom. The largest absolute Gasteiger partial charge is 0.416 e. The highest BCUT2D eigenvalue weighted by Gasteiger charge is 2.32. The molecular formula is C15H21F3O. The number of halogens is 3. The van der Waals surface area contributed by atoms with Gasteiger partial charge in [-0.05, 0) is 37.0 Å². The van der Waals surface area contributed by atoms with Gasteiger partial charge in [0.05, 0.1) is 11.2 Å². The van der Waals surface area contributed by atoms with Gasteiger partial charge in [-0.2, -0.15) is 13.2 Å². The first-order chi connectivity index (χ1) is 8.70. The van der Waals surface area contributed by atoms with Crippen LogP contribution in [0.5, 0.6) is 0 Å². The number of benzene rings is 1. The van der Waals surface area contributed by atoms with Crippen molar-refractivity contribution in [2.45, 2.75) is 51.8 Å². The Morgan fingerprint density at radius 3 is 1.79 bits per heavy atom. The van der Waals surface area contributed by atoms with E-state index in [9.17, 15) is 18.3 Å². The van der Waals surface area contributed by atoms with Crippen LogP contribution in [0.3, 0.4) is 0 Å². The van der Waals surface area contributed by atoms with Crippen molar-refractivity contribution >= 4 is 0 Å². The highest BCUT2D eigenvalue weighted by molar-refractivity contribution is 5.28. The molecule has 0 aliphatic carbocycles. The van der Waals surface area contributed by atoms with Crippen LogP contribution in [0.25, 0.3) is 0 Å². The van der Waals surface area contributed by atoms with E-state index in [-0.39, 0.29) is 0 Å². The fourth-order valence-electron chi connectivity index (χ4n) is 2.28. The van der Waals surface area contributed by atoms with E-state index in [2.05, 4.69) is 13.8 Å². The molecule has 1 rings (SSSR count). The minimum Gasteiger partial charge on any atom is -0.385 e. The molecule has 0 fully saturated rings. The van der Waals surface area contributed by atoms with Gasteiger partial charge in [0.1, 0.15) is 0 Å². The van der Waals surface area contributed by atoms with E-state index in [1.807, 2.05) is 0 Å². The molecule has 1 aromatic carbocycles. The Kier molecular flexibility index (Phi) is 5.02. The average molecular weight is 274 g/mol. The van der Waals surface area contributed by atoms with Crippen molar-refractivity contribution < 1.29 is 18.3 Å². The molecule has 0 spiro atoms. The van der Waals surface area contributed by atoms with Crippen molar-refractivity contribution in [3.63, 3.8) is 0 Å². The average Bonchev–Trinajstić information content (AvgIpc) is 2.35. The predicted octanol–water partition coefficient (Wildman–Crippen LogP) is 4.74. The molecule has 0 amide bonds. The van der Waals surface area contributed by atoms with Gasteiger partial charge in [0.25, 0.3) is 0 Å². The van der Waals surface area contributed by atoms with Crippen molar-refractivity contribution in [2.24, 2.45) is 5.92 Å². The molecule has 1 N–H and O–H groups in total. The van der Waals surface area contributed by atoms with Gasteiger partial charge >= 0.3 is 6.18 Å². The Labute approximate surface area is 112 Å². The summed E-state index contributed by atoms with van der Waals surface area (Å²) >= 11 is 0. The SMILES string of the molecule is CCC(CC)C[C@@](C)(O)c1ccc(C(F)(F)F)cc1. The molecule has 0 radical (unpaired) electrons. The van der Waals surface area contributed by atoms with Crippen LogP contribution in [0.15, 0.2) is 24.3 Å². The lowest BCUT2D eigenvalue weighted by Crippen LogP contribution is -2.25. The van der Waals surface area contributed by atoms with Crippen LogP contribution in [0.4, 0.5) is 13.2 Å². The molecule has 0 saturated carbocycles. The van der Waals surface area contributed by atoms with E-state index in [0.29, 0.717) is 17.9 Å². The maximum absolute atomic E-state index is 12.5. The Balaban J connectivity index is 2.90. The lowest BCUT2D eigenvalue weighted by atomic mass is 9.83. The number of alkyl halides is 3. The topological polar surface area (TPSA) is 20.2 Å². The minimum absolute atomic E-state index is 0.372. The molecule has 0 saturated heterocycles. The summed E-state index contributed by atoms with van der Waals surface area (Å²) in [7, 11) is 0. The van der Waals surface area contributed by atoms with Gasteiger partial charge in [-0.15, -0.1) is 0 Å². The first-order valence-corrected chi connectivity index (χ1v) is 6.60. The monoisotopic (exact) mass is 274 g/mol. The third kappa shape index (κ3) is 4.23. The summed E-state index contributed by atoms with van der Waals surface area (Å²) in [5.74, 6) is 0.372. The summed E-state index contributed by atoms with van der Waals surface area (Å²) in [6.45, 7) is 5.77. The van der Waals surface area contributed by atoms with Crippen LogP contribution >= 0.6 is 0 Å². The van der Waals surface area contributed by atoms with Gasteiger partial charge in [0, 0.05) is 0 Å². The molecule has 0 unspecified atom stereocenters. The summed E-state index contributed by atoms with van der Waals surface area (Å²) in [6.07, 6.45) is -1.87. The molecule has 0 bridgehead atoms. The molecule has 19 heavy (non-hydrogen) atoms. The number of rotatable bonds is 5. The van der Waals surface area contributed by atoms with Crippen LogP contribution in [0.2, 0.25) is 0 Å². The summed E-state index contributed by atoms with van der Waals surface area (Å²) in [4.78, 5) is 0. The lowest BCUT2D eigenvalue weighted by molar-refractivity contribution is -0.137. The lowest BCUT2D eigenvalue weighted by Gasteiger charge is -2.28. The van der Waals surface area contributed by atoms with E-state index in [0.717, 1.165) is 25.0 Å². The molecule has 1 aromatic rings. The molecule has 108 valence electrons. The maximum Gasteiger partial charge on any atom is 0.416 e. The minimum atomic E-state index is -4.33. The predicted molar refractivity (Wildman–Crippen MR) is 69.7 cm³/mol. The highest BCUT2D eigenvalue weighted by atomic mass is 19.4. The zero-order valence-corrected chi connectivity index (χ0v) is 11.6. The Hall–Kier alpha value is -1.03. The second kappa shape index (κ2) is 5.95. The summed E-state index contributed by atoms with van der Waals surface area (Å²) in [5.41, 5.74) is -1.23. The normalized spacial score (nSPS) is 15.6. The number of aliphatic hydroxyl groups is 1. The smallest absolute Gasteiger partial charge is 0.385 e. The Morgan fingerprint density at radius 1 is 1.00 bits per heavy atom. The fraction of sp³-hybridized carbons (Fsp3) is 0.600. The van der Waals surface area contributed by atoms with Crippen LogP contribution in [-0.4, -0.2) is 5.11 Å². The number of hydrogen-bond donors (Lipinski definition) is 1. The first kappa shape index (κ1) is 16.0. The second-order valence-corrected chi connectivity index (χ2v) is 5.24. The molecule has 0 aliphatic heterocycles. The summed E-state index contributed by atoms with van der Waals surface area (Å²) in [6, 6.07) is 4.78. The quantitative estimate of drug-likeness (QED) is 0.822. The molecule has 0 aromatic heterocycles. The van der Waals surface area contributed by atoms with E-state index in [1.165, 1.54) is 12.1 Å². The first-order valence-electron chi connectivity index (χ1n) is 6.60. The van der Waals surface area contributed by atoms with Crippen molar-refractivity contribution in [2.75, 3.05) is 0 Å². The van der Waals surface area contributed by atoms with Gasteiger partial charge in [0.2, 0.25) is 0 Å². The molecule has 1 nitrogen and oxygen atoms in total. The van der Waals surface area contributed by atoms with E-state index < -0.39 is 17.3 Å². The highest BCUT2D eigenvalue weighted by Crippen LogP contribution is 2.34. The van der Waals surface area contributed by atoms with Crippen LogP contribution in [-0.2, 0) is 11.8 Å².